The van der Waals surface area contributed by atoms with Gasteiger partial charge in [0.15, 0.2) is 0 Å². The third-order valence-electron chi connectivity index (χ3n) is 4.97. The van der Waals surface area contributed by atoms with Gasteiger partial charge in [-0.3, -0.25) is 0 Å². The molecule has 2 rings (SSSR count). The zero-order valence-electron chi connectivity index (χ0n) is 12.2. The van der Waals surface area contributed by atoms with E-state index in [9.17, 15) is 0 Å². The van der Waals surface area contributed by atoms with E-state index < -0.39 is 0 Å². The molecule has 0 aromatic carbocycles. The van der Waals surface area contributed by atoms with Gasteiger partial charge in [0.1, 0.15) is 0 Å². The van der Waals surface area contributed by atoms with E-state index in [1.807, 2.05) is 0 Å². The average molecular weight is 255 g/mol. The maximum atomic E-state index is 6.12. The van der Waals surface area contributed by atoms with Gasteiger partial charge in [-0.1, -0.05) is 12.8 Å². The molecule has 18 heavy (non-hydrogen) atoms. The maximum absolute atomic E-state index is 6.12. The monoisotopic (exact) mass is 255 g/mol. The van der Waals surface area contributed by atoms with Crippen LogP contribution in [0.3, 0.4) is 0 Å². The van der Waals surface area contributed by atoms with E-state index in [1.165, 1.54) is 38.5 Å². The van der Waals surface area contributed by atoms with Crippen LogP contribution in [0.15, 0.2) is 0 Å². The van der Waals surface area contributed by atoms with E-state index in [1.54, 1.807) is 7.11 Å². The molecule has 1 aliphatic carbocycles. The van der Waals surface area contributed by atoms with Crippen LogP contribution in [-0.4, -0.2) is 38.5 Å². The van der Waals surface area contributed by atoms with Gasteiger partial charge in [0, 0.05) is 19.8 Å². The fourth-order valence-electron chi connectivity index (χ4n) is 3.78. The van der Waals surface area contributed by atoms with Crippen molar-refractivity contribution in [2.75, 3.05) is 20.8 Å². The molecule has 1 spiro atoms. The van der Waals surface area contributed by atoms with E-state index in [0.717, 1.165) is 18.9 Å². The Morgan fingerprint density at radius 3 is 2.72 bits per heavy atom. The summed E-state index contributed by atoms with van der Waals surface area (Å²) in [6.07, 6.45) is 9.15. The molecule has 3 unspecified atom stereocenters. The van der Waals surface area contributed by atoms with Crippen molar-refractivity contribution in [3.05, 3.63) is 0 Å². The molecule has 1 saturated heterocycles. The number of nitrogens with one attached hydrogen (secondary N) is 1. The lowest BCUT2D eigenvalue weighted by molar-refractivity contribution is -0.0996. The molecule has 0 amide bonds. The van der Waals surface area contributed by atoms with Crippen molar-refractivity contribution in [1.82, 2.24) is 5.32 Å². The van der Waals surface area contributed by atoms with Crippen LogP contribution < -0.4 is 5.32 Å². The summed E-state index contributed by atoms with van der Waals surface area (Å²) in [5.41, 5.74) is 0.230. The first-order valence-electron chi connectivity index (χ1n) is 7.53. The van der Waals surface area contributed by atoms with E-state index in [-0.39, 0.29) is 5.60 Å². The molecule has 2 aliphatic rings. The Hall–Kier alpha value is -0.120. The lowest BCUT2D eigenvalue weighted by Gasteiger charge is -2.41. The summed E-state index contributed by atoms with van der Waals surface area (Å²) in [5, 5.41) is 3.51. The highest BCUT2D eigenvalue weighted by atomic mass is 16.5. The van der Waals surface area contributed by atoms with E-state index in [0.29, 0.717) is 12.1 Å². The van der Waals surface area contributed by atoms with Gasteiger partial charge >= 0.3 is 0 Å². The number of ether oxygens (including phenoxy) is 2. The van der Waals surface area contributed by atoms with Crippen molar-refractivity contribution in [3.8, 4) is 0 Å². The van der Waals surface area contributed by atoms with Crippen molar-refractivity contribution in [2.24, 2.45) is 5.92 Å². The van der Waals surface area contributed by atoms with Gasteiger partial charge in [0.05, 0.1) is 11.7 Å². The zero-order chi connectivity index (χ0) is 13.0. The molecule has 1 aliphatic heterocycles. The van der Waals surface area contributed by atoms with Gasteiger partial charge in [-0.25, -0.2) is 0 Å². The summed E-state index contributed by atoms with van der Waals surface area (Å²) in [6, 6.07) is 0.571. The van der Waals surface area contributed by atoms with Crippen LogP contribution in [0.4, 0.5) is 0 Å². The summed E-state index contributed by atoms with van der Waals surface area (Å²) in [6.45, 7) is 3.11. The van der Waals surface area contributed by atoms with E-state index in [4.69, 9.17) is 9.47 Å². The van der Waals surface area contributed by atoms with Crippen molar-refractivity contribution >= 4 is 0 Å². The third kappa shape index (κ3) is 3.25. The smallest absolute Gasteiger partial charge is 0.0685 e. The molecule has 0 bridgehead atoms. The predicted molar refractivity (Wildman–Crippen MR) is 73.8 cm³/mol. The third-order valence-corrected chi connectivity index (χ3v) is 4.97. The van der Waals surface area contributed by atoms with Crippen LogP contribution in [0.1, 0.15) is 51.9 Å². The second kappa shape index (κ2) is 6.36. The number of hydrogen-bond donors (Lipinski definition) is 1. The van der Waals surface area contributed by atoms with Crippen LogP contribution in [0.2, 0.25) is 0 Å². The van der Waals surface area contributed by atoms with Crippen molar-refractivity contribution in [3.63, 3.8) is 0 Å². The Morgan fingerprint density at radius 2 is 2.11 bits per heavy atom. The van der Waals surface area contributed by atoms with Crippen LogP contribution >= 0.6 is 0 Å². The summed E-state index contributed by atoms with van der Waals surface area (Å²) in [7, 11) is 3.89. The van der Waals surface area contributed by atoms with Crippen molar-refractivity contribution < 1.29 is 9.47 Å². The molecule has 0 radical (unpaired) electrons. The Kier molecular flexibility index (Phi) is 5.05. The molecule has 1 N–H and O–H groups in total. The van der Waals surface area contributed by atoms with Crippen LogP contribution in [0, 0.1) is 5.92 Å². The zero-order valence-corrected chi connectivity index (χ0v) is 12.2. The van der Waals surface area contributed by atoms with Gasteiger partial charge in [0.25, 0.3) is 0 Å². The molecule has 106 valence electrons. The average Bonchev–Trinajstić information content (AvgIpc) is 2.83. The van der Waals surface area contributed by atoms with Crippen molar-refractivity contribution in [1.29, 1.82) is 0 Å². The molecule has 1 heterocycles. The molecule has 0 aromatic rings. The minimum absolute atomic E-state index is 0.230. The van der Waals surface area contributed by atoms with Crippen LogP contribution in [0.5, 0.6) is 0 Å². The lowest BCUT2D eigenvalue weighted by Crippen LogP contribution is -2.45. The van der Waals surface area contributed by atoms with Gasteiger partial charge in [-0.05, 0) is 52.0 Å². The topological polar surface area (TPSA) is 30.5 Å². The molecule has 2 fully saturated rings. The largest absolute Gasteiger partial charge is 0.382 e. The first-order valence-corrected chi connectivity index (χ1v) is 7.53. The van der Waals surface area contributed by atoms with Crippen molar-refractivity contribution in [2.45, 2.75) is 69.6 Å². The number of hydrogen-bond acceptors (Lipinski definition) is 3. The van der Waals surface area contributed by atoms with E-state index in [2.05, 4.69) is 19.3 Å². The Labute approximate surface area is 112 Å². The molecule has 1 saturated carbocycles. The first-order chi connectivity index (χ1) is 8.69. The van der Waals surface area contributed by atoms with Gasteiger partial charge in [-0.15, -0.1) is 0 Å². The fraction of sp³-hybridized carbons (Fsp3) is 1.00. The van der Waals surface area contributed by atoms with Crippen LogP contribution in [0.25, 0.3) is 0 Å². The number of rotatable bonds is 5. The first kappa shape index (κ1) is 14.3. The molecular formula is C15H29NO2. The quantitative estimate of drug-likeness (QED) is 0.819. The molecule has 0 aromatic heterocycles. The molecule has 3 nitrogen and oxygen atoms in total. The highest BCUT2D eigenvalue weighted by molar-refractivity contribution is 4.94. The van der Waals surface area contributed by atoms with Crippen LogP contribution in [-0.2, 0) is 9.47 Å². The highest BCUT2D eigenvalue weighted by Gasteiger charge is 2.41. The molecular weight excluding hydrogens is 226 g/mol. The summed E-state index contributed by atoms with van der Waals surface area (Å²) >= 11 is 0. The second-order valence-corrected chi connectivity index (χ2v) is 6.17. The van der Waals surface area contributed by atoms with E-state index >= 15 is 0 Å². The maximum Gasteiger partial charge on any atom is 0.0685 e. The molecule has 3 heteroatoms. The standard InChI is InChI=1S/C15H29NO2/c1-12(17-3)10-14(16-2)13-6-9-18-15(11-13)7-4-5-8-15/h12-14,16H,4-11H2,1-3H3. The fourth-order valence-corrected chi connectivity index (χ4v) is 3.78. The summed E-state index contributed by atoms with van der Waals surface area (Å²) in [4.78, 5) is 0. The Morgan fingerprint density at radius 1 is 1.39 bits per heavy atom. The summed E-state index contributed by atoms with van der Waals surface area (Å²) < 4.78 is 11.5. The van der Waals surface area contributed by atoms with Gasteiger partial charge in [0.2, 0.25) is 0 Å². The highest BCUT2D eigenvalue weighted by Crippen LogP contribution is 2.43. The number of methoxy groups -OCH3 is 1. The predicted octanol–water partition coefficient (Wildman–Crippen LogP) is 2.74. The normalized spacial score (nSPS) is 30.5. The second-order valence-electron chi connectivity index (χ2n) is 6.17. The SMILES string of the molecule is CNC(CC(C)OC)C1CCOC2(CCCC2)C1. The minimum Gasteiger partial charge on any atom is -0.382 e. The Bertz CT molecular complexity index is 251. The van der Waals surface area contributed by atoms with Gasteiger partial charge in [-0.2, -0.15) is 0 Å². The minimum atomic E-state index is 0.230. The molecule has 3 atom stereocenters. The van der Waals surface area contributed by atoms with Gasteiger partial charge < -0.3 is 14.8 Å². The summed E-state index contributed by atoms with van der Waals surface area (Å²) in [5.74, 6) is 0.749. The lowest BCUT2D eigenvalue weighted by atomic mass is 9.79. The Balaban J connectivity index is 1.93.